The second-order valence-corrected chi connectivity index (χ2v) is 7.62. The predicted molar refractivity (Wildman–Crippen MR) is 120 cm³/mol. The summed E-state index contributed by atoms with van der Waals surface area (Å²) in [5.74, 6) is -1.26. The second kappa shape index (κ2) is 8.28. The topological polar surface area (TPSA) is 66.8 Å². The molecule has 4 rings (SSSR count). The van der Waals surface area contributed by atoms with Crippen molar-refractivity contribution >= 4 is 34.7 Å². The van der Waals surface area contributed by atoms with Gasteiger partial charge < -0.3 is 9.84 Å². The van der Waals surface area contributed by atoms with Crippen LogP contribution in [0.3, 0.4) is 0 Å². The van der Waals surface area contributed by atoms with Gasteiger partial charge in [0, 0.05) is 21.8 Å². The number of hydrogen-bond acceptors (Lipinski definition) is 4. The van der Waals surface area contributed by atoms with Crippen molar-refractivity contribution in [1.82, 2.24) is 0 Å². The van der Waals surface area contributed by atoms with Crippen molar-refractivity contribution in [3.8, 4) is 5.75 Å². The molecule has 3 aromatic rings. The maximum Gasteiger partial charge on any atom is 0.300 e. The molecule has 1 aliphatic heterocycles. The molecule has 0 unspecified atom stereocenters. The normalized spacial score (nSPS) is 17.8. The van der Waals surface area contributed by atoms with Gasteiger partial charge in [0.05, 0.1) is 18.7 Å². The third-order valence-corrected chi connectivity index (χ3v) is 5.77. The van der Waals surface area contributed by atoms with Crippen LogP contribution in [0.2, 0.25) is 5.02 Å². The molecule has 1 aliphatic rings. The molecule has 1 atom stereocenters. The molecule has 1 fully saturated rings. The Morgan fingerprint density at radius 3 is 2.35 bits per heavy atom. The highest BCUT2D eigenvalue weighted by Crippen LogP contribution is 2.45. The first-order valence-electron chi connectivity index (χ1n) is 9.69. The smallest absolute Gasteiger partial charge is 0.300 e. The zero-order chi connectivity index (χ0) is 22.1. The first-order valence-corrected chi connectivity index (χ1v) is 10.1. The molecule has 0 saturated carbocycles. The number of carbonyl (C=O) groups excluding carboxylic acids is 2. The van der Waals surface area contributed by atoms with E-state index in [4.69, 9.17) is 16.3 Å². The SMILES string of the molecule is COc1ccccc1[C@H]1C(=C(O)c2ccccc2)C(=O)C(=O)N1c1ccc(C)c(Cl)c1. The Morgan fingerprint density at radius 2 is 1.68 bits per heavy atom. The highest BCUT2D eigenvalue weighted by Gasteiger charge is 2.48. The monoisotopic (exact) mass is 433 g/mol. The van der Waals surface area contributed by atoms with Crippen molar-refractivity contribution in [2.24, 2.45) is 0 Å². The maximum atomic E-state index is 13.2. The summed E-state index contributed by atoms with van der Waals surface area (Å²) >= 11 is 6.31. The minimum Gasteiger partial charge on any atom is -0.507 e. The number of carbonyl (C=O) groups is 2. The van der Waals surface area contributed by atoms with Gasteiger partial charge in [-0.05, 0) is 30.7 Å². The summed E-state index contributed by atoms with van der Waals surface area (Å²) in [6.07, 6.45) is 0. The largest absolute Gasteiger partial charge is 0.507 e. The first kappa shape index (κ1) is 20.7. The lowest BCUT2D eigenvalue weighted by Crippen LogP contribution is -2.29. The van der Waals surface area contributed by atoms with Crippen LogP contribution in [0.25, 0.3) is 5.76 Å². The average Bonchev–Trinajstić information content (AvgIpc) is 3.06. The van der Waals surface area contributed by atoms with Gasteiger partial charge in [-0.3, -0.25) is 14.5 Å². The highest BCUT2D eigenvalue weighted by atomic mass is 35.5. The number of nitrogens with zero attached hydrogens (tertiary/aromatic N) is 1. The van der Waals surface area contributed by atoms with E-state index in [1.165, 1.54) is 12.0 Å². The lowest BCUT2D eigenvalue weighted by atomic mass is 9.94. The van der Waals surface area contributed by atoms with Gasteiger partial charge in [-0.2, -0.15) is 0 Å². The van der Waals surface area contributed by atoms with E-state index in [1.54, 1.807) is 72.8 Å². The van der Waals surface area contributed by atoms with Gasteiger partial charge in [-0.1, -0.05) is 66.2 Å². The highest BCUT2D eigenvalue weighted by molar-refractivity contribution is 6.52. The van der Waals surface area contributed by atoms with Gasteiger partial charge in [0.2, 0.25) is 0 Å². The summed E-state index contributed by atoms with van der Waals surface area (Å²) < 4.78 is 5.51. The predicted octanol–water partition coefficient (Wildman–Crippen LogP) is 5.28. The number of Topliss-reactive ketones (excluding diaryl/α,β-unsaturated/α-hetero) is 1. The molecular weight excluding hydrogens is 414 g/mol. The van der Waals surface area contributed by atoms with E-state index in [-0.39, 0.29) is 11.3 Å². The second-order valence-electron chi connectivity index (χ2n) is 7.21. The molecular formula is C25H20ClNO4. The van der Waals surface area contributed by atoms with E-state index in [0.717, 1.165) is 5.56 Å². The zero-order valence-corrected chi connectivity index (χ0v) is 17.8. The van der Waals surface area contributed by atoms with Crippen LogP contribution in [0.1, 0.15) is 22.7 Å². The van der Waals surface area contributed by atoms with Gasteiger partial charge in [-0.15, -0.1) is 0 Å². The number of halogens is 1. The fourth-order valence-corrected chi connectivity index (χ4v) is 3.94. The Balaban J connectivity index is 2.00. The number of para-hydroxylation sites is 1. The number of aliphatic hydroxyl groups is 1. The minimum absolute atomic E-state index is 0.00241. The summed E-state index contributed by atoms with van der Waals surface area (Å²) in [6.45, 7) is 1.85. The standard InChI is InChI=1S/C25H20ClNO4/c1-15-12-13-17(14-19(15)26)27-22(18-10-6-7-11-20(18)31-2)21(24(29)25(27)30)23(28)16-8-4-3-5-9-16/h3-14,22,28H,1-2H3/t22-/m0/s1. The summed E-state index contributed by atoms with van der Waals surface area (Å²) in [5, 5.41) is 11.6. The van der Waals surface area contributed by atoms with E-state index in [2.05, 4.69) is 0 Å². The average molecular weight is 434 g/mol. The Kier molecular flexibility index (Phi) is 5.53. The lowest BCUT2D eigenvalue weighted by Gasteiger charge is -2.27. The van der Waals surface area contributed by atoms with E-state index in [9.17, 15) is 14.7 Å². The molecule has 0 spiro atoms. The molecule has 0 bridgehead atoms. The van der Waals surface area contributed by atoms with Crippen LogP contribution in [-0.4, -0.2) is 23.9 Å². The summed E-state index contributed by atoms with van der Waals surface area (Å²) in [7, 11) is 1.52. The van der Waals surface area contributed by atoms with Gasteiger partial charge in [-0.25, -0.2) is 0 Å². The van der Waals surface area contributed by atoms with Crippen LogP contribution in [0.4, 0.5) is 5.69 Å². The Bertz CT molecular complexity index is 1200. The van der Waals surface area contributed by atoms with E-state index in [0.29, 0.717) is 27.6 Å². The van der Waals surface area contributed by atoms with Crippen LogP contribution >= 0.6 is 11.6 Å². The molecule has 0 aliphatic carbocycles. The molecule has 156 valence electrons. The van der Waals surface area contributed by atoms with Gasteiger partial charge in [0.15, 0.2) is 0 Å². The first-order chi connectivity index (χ1) is 14.9. The quantitative estimate of drug-likeness (QED) is 0.345. The van der Waals surface area contributed by atoms with Crippen molar-refractivity contribution in [3.05, 3.63) is 100 Å². The minimum atomic E-state index is -0.880. The number of aliphatic hydroxyl groups excluding tert-OH is 1. The molecule has 31 heavy (non-hydrogen) atoms. The van der Waals surface area contributed by atoms with E-state index < -0.39 is 17.7 Å². The fraction of sp³-hybridized carbons (Fsp3) is 0.120. The molecule has 5 nitrogen and oxygen atoms in total. The van der Waals surface area contributed by atoms with Gasteiger partial charge in [0.25, 0.3) is 11.7 Å². The number of ether oxygens (including phenoxy) is 1. The van der Waals surface area contributed by atoms with Gasteiger partial charge >= 0.3 is 0 Å². The number of methoxy groups -OCH3 is 1. The number of anilines is 1. The van der Waals surface area contributed by atoms with Crippen LogP contribution in [0.15, 0.2) is 78.4 Å². The summed E-state index contributed by atoms with van der Waals surface area (Å²) in [5.41, 5.74) is 2.33. The number of amides is 1. The van der Waals surface area contributed by atoms with Crippen LogP contribution in [-0.2, 0) is 9.59 Å². The molecule has 0 aromatic heterocycles. The number of ketones is 1. The van der Waals surface area contributed by atoms with E-state index >= 15 is 0 Å². The fourth-order valence-electron chi connectivity index (χ4n) is 3.77. The van der Waals surface area contributed by atoms with Crippen molar-refractivity contribution in [2.45, 2.75) is 13.0 Å². The molecule has 1 amide bonds. The number of hydrogen-bond donors (Lipinski definition) is 1. The Labute approximate surface area is 185 Å². The third kappa shape index (κ3) is 3.57. The molecule has 0 radical (unpaired) electrons. The number of rotatable bonds is 4. The Morgan fingerprint density at radius 1 is 1.00 bits per heavy atom. The maximum absolute atomic E-state index is 13.2. The lowest BCUT2D eigenvalue weighted by molar-refractivity contribution is -0.132. The zero-order valence-electron chi connectivity index (χ0n) is 17.0. The molecule has 1 heterocycles. The molecule has 6 heteroatoms. The van der Waals surface area contributed by atoms with Crippen molar-refractivity contribution < 1.29 is 19.4 Å². The van der Waals surface area contributed by atoms with E-state index in [1.807, 2.05) is 6.92 Å². The third-order valence-electron chi connectivity index (χ3n) is 5.36. The van der Waals surface area contributed by atoms with Crippen molar-refractivity contribution in [2.75, 3.05) is 12.0 Å². The van der Waals surface area contributed by atoms with Crippen LogP contribution in [0, 0.1) is 6.92 Å². The van der Waals surface area contributed by atoms with Crippen molar-refractivity contribution in [1.29, 1.82) is 0 Å². The van der Waals surface area contributed by atoms with Crippen molar-refractivity contribution in [3.63, 3.8) is 0 Å². The van der Waals surface area contributed by atoms with Gasteiger partial charge in [0.1, 0.15) is 11.5 Å². The Hall–Kier alpha value is -3.57. The number of aryl methyl sites for hydroxylation is 1. The van der Waals surface area contributed by atoms with Crippen LogP contribution < -0.4 is 9.64 Å². The summed E-state index contributed by atoms with van der Waals surface area (Å²) in [4.78, 5) is 27.7. The molecule has 1 saturated heterocycles. The van der Waals surface area contributed by atoms with Crippen LogP contribution in [0.5, 0.6) is 5.75 Å². The summed E-state index contributed by atoms with van der Waals surface area (Å²) in [6, 6.07) is 20.1. The molecule has 3 aromatic carbocycles. The molecule has 1 N–H and O–H groups in total. The number of benzene rings is 3.